The van der Waals surface area contributed by atoms with Gasteiger partial charge in [0.2, 0.25) is 5.91 Å². The molecular formula is C13H17NO. The summed E-state index contributed by atoms with van der Waals surface area (Å²) in [4.78, 5) is 13.3. The Balaban J connectivity index is 2.31. The zero-order valence-electron chi connectivity index (χ0n) is 9.42. The molecule has 2 heteroatoms. The van der Waals surface area contributed by atoms with Gasteiger partial charge in [-0.15, -0.1) is 0 Å². The molecule has 0 fully saturated rings. The summed E-state index contributed by atoms with van der Waals surface area (Å²) in [6, 6.07) is 6.56. The fourth-order valence-electron chi connectivity index (χ4n) is 2.16. The van der Waals surface area contributed by atoms with E-state index in [1.807, 2.05) is 4.90 Å². The molecular weight excluding hydrogens is 186 g/mol. The highest BCUT2D eigenvalue weighted by molar-refractivity contribution is 5.73. The van der Waals surface area contributed by atoms with Crippen molar-refractivity contribution in [2.45, 2.75) is 33.2 Å². The van der Waals surface area contributed by atoms with Crippen LogP contribution in [-0.2, 0) is 17.8 Å². The number of hydrogen-bond acceptors (Lipinski definition) is 1. The minimum absolute atomic E-state index is 0.185. The van der Waals surface area contributed by atoms with Gasteiger partial charge >= 0.3 is 0 Å². The molecule has 1 amide bonds. The second kappa shape index (κ2) is 4.05. The van der Waals surface area contributed by atoms with Gasteiger partial charge in [-0.2, -0.15) is 0 Å². The Kier molecular flexibility index (Phi) is 2.76. The van der Waals surface area contributed by atoms with E-state index < -0.39 is 0 Å². The van der Waals surface area contributed by atoms with E-state index in [0.717, 1.165) is 25.9 Å². The molecule has 0 unspecified atom stereocenters. The molecule has 0 spiro atoms. The molecule has 2 nitrogen and oxygen atoms in total. The van der Waals surface area contributed by atoms with Crippen LogP contribution in [0.2, 0.25) is 0 Å². The normalized spacial score (nSPS) is 15.7. The van der Waals surface area contributed by atoms with Crippen molar-refractivity contribution < 1.29 is 4.79 Å². The number of fused-ring (bicyclic) bond motifs is 1. The molecule has 0 aliphatic carbocycles. The Morgan fingerprint density at radius 1 is 1.33 bits per heavy atom. The van der Waals surface area contributed by atoms with Gasteiger partial charge in [-0.3, -0.25) is 4.79 Å². The average molecular weight is 203 g/mol. The highest BCUT2D eigenvalue weighted by atomic mass is 16.2. The Morgan fingerprint density at radius 3 is 2.87 bits per heavy atom. The van der Waals surface area contributed by atoms with E-state index >= 15 is 0 Å². The zero-order valence-corrected chi connectivity index (χ0v) is 9.42. The Hall–Kier alpha value is -1.31. The molecule has 1 aromatic rings. The summed E-state index contributed by atoms with van der Waals surface area (Å²) in [5.74, 6) is 0.185. The number of hydrogen-bond donors (Lipinski definition) is 0. The van der Waals surface area contributed by atoms with Crippen LogP contribution < -0.4 is 0 Å². The van der Waals surface area contributed by atoms with Crippen molar-refractivity contribution >= 4 is 5.91 Å². The number of nitrogens with zero attached hydrogens (tertiary/aromatic N) is 1. The SMILES string of the molecule is CC(=O)N1CCCc2ccc(C)cc2C1. The smallest absolute Gasteiger partial charge is 0.219 e. The van der Waals surface area contributed by atoms with Crippen LogP contribution in [0.25, 0.3) is 0 Å². The van der Waals surface area contributed by atoms with Crippen molar-refractivity contribution in [3.63, 3.8) is 0 Å². The van der Waals surface area contributed by atoms with Gasteiger partial charge < -0.3 is 4.90 Å². The molecule has 0 radical (unpaired) electrons. The van der Waals surface area contributed by atoms with Gasteiger partial charge in [-0.1, -0.05) is 23.8 Å². The quantitative estimate of drug-likeness (QED) is 0.633. The average Bonchev–Trinajstić information content (AvgIpc) is 2.39. The van der Waals surface area contributed by atoms with Crippen molar-refractivity contribution in [3.8, 4) is 0 Å². The van der Waals surface area contributed by atoms with Crippen molar-refractivity contribution in [3.05, 3.63) is 34.9 Å². The van der Waals surface area contributed by atoms with Crippen molar-refractivity contribution in [1.82, 2.24) is 4.90 Å². The maximum absolute atomic E-state index is 11.4. The van der Waals surface area contributed by atoms with Crippen LogP contribution in [0.5, 0.6) is 0 Å². The fraction of sp³-hybridized carbons (Fsp3) is 0.462. The van der Waals surface area contributed by atoms with E-state index in [2.05, 4.69) is 25.1 Å². The van der Waals surface area contributed by atoms with Crippen molar-refractivity contribution in [1.29, 1.82) is 0 Å². The van der Waals surface area contributed by atoms with Gasteiger partial charge in [-0.05, 0) is 30.9 Å². The van der Waals surface area contributed by atoms with Gasteiger partial charge in [-0.25, -0.2) is 0 Å². The summed E-state index contributed by atoms with van der Waals surface area (Å²) in [6.07, 6.45) is 2.18. The Morgan fingerprint density at radius 2 is 2.13 bits per heavy atom. The number of aryl methyl sites for hydroxylation is 2. The first kappa shape index (κ1) is 10.2. The first-order valence-electron chi connectivity index (χ1n) is 5.51. The van der Waals surface area contributed by atoms with Crippen LogP contribution >= 0.6 is 0 Å². The Labute approximate surface area is 90.9 Å². The van der Waals surface area contributed by atoms with Gasteiger partial charge in [0.05, 0.1) is 0 Å². The number of carbonyl (C=O) groups excluding carboxylic acids is 1. The molecule has 0 saturated carbocycles. The second-order valence-corrected chi connectivity index (χ2v) is 4.32. The van der Waals surface area contributed by atoms with E-state index in [4.69, 9.17) is 0 Å². The van der Waals surface area contributed by atoms with Crippen LogP contribution in [0.1, 0.15) is 30.0 Å². The third-order valence-electron chi connectivity index (χ3n) is 3.04. The van der Waals surface area contributed by atoms with E-state index in [0.29, 0.717) is 0 Å². The molecule has 15 heavy (non-hydrogen) atoms. The third kappa shape index (κ3) is 2.20. The highest BCUT2D eigenvalue weighted by Gasteiger charge is 2.15. The molecule has 0 bridgehead atoms. The van der Waals surface area contributed by atoms with Crippen LogP contribution in [0, 0.1) is 6.92 Å². The van der Waals surface area contributed by atoms with Crippen LogP contribution in [0.3, 0.4) is 0 Å². The van der Waals surface area contributed by atoms with E-state index in [9.17, 15) is 4.79 Å². The summed E-state index contributed by atoms with van der Waals surface area (Å²) in [5, 5.41) is 0. The molecule has 1 aromatic carbocycles. The van der Waals surface area contributed by atoms with Gasteiger partial charge in [0.25, 0.3) is 0 Å². The molecule has 0 aromatic heterocycles. The van der Waals surface area contributed by atoms with E-state index in [1.165, 1.54) is 16.7 Å². The predicted molar refractivity (Wildman–Crippen MR) is 60.6 cm³/mol. The first-order chi connectivity index (χ1) is 7.16. The molecule has 0 N–H and O–H groups in total. The van der Waals surface area contributed by atoms with Gasteiger partial charge in [0.1, 0.15) is 0 Å². The zero-order chi connectivity index (χ0) is 10.8. The lowest BCUT2D eigenvalue weighted by atomic mass is 10.0. The minimum Gasteiger partial charge on any atom is -0.339 e. The second-order valence-electron chi connectivity index (χ2n) is 4.32. The number of benzene rings is 1. The number of amides is 1. The summed E-state index contributed by atoms with van der Waals surface area (Å²) in [7, 11) is 0. The number of rotatable bonds is 0. The maximum atomic E-state index is 11.4. The molecule has 0 atom stereocenters. The van der Waals surface area contributed by atoms with Crippen LogP contribution in [0.4, 0.5) is 0 Å². The van der Waals surface area contributed by atoms with Gasteiger partial charge in [0, 0.05) is 20.0 Å². The monoisotopic (exact) mass is 203 g/mol. The summed E-state index contributed by atoms with van der Waals surface area (Å²) < 4.78 is 0. The predicted octanol–water partition coefficient (Wildman–Crippen LogP) is 2.29. The van der Waals surface area contributed by atoms with Crippen LogP contribution in [-0.4, -0.2) is 17.4 Å². The lowest BCUT2D eigenvalue weighted by Gasteiger charge is -2.18. The van der Waals surface area contributed by atoms with Gasteiger partial charge in [0.15, 0.2) is 0 Å². The summed E-state index contributed by atoms with van der Waals surface area (Å²) in [6.45, 7) is 5.43. The first-order valence-corrected chi connectivity index (χ1v) is 5.51. The number of carbonyl (C=O) groups is 1. The molecule has 0 saturated heterocycles. The summed E-state index contributed by atoms with van der Waals surface area (Å²) >= 11 is 0. The van der Waals surface area contributed by atoms with E-state index in [1.54, 1.807) is 6.92 Å². The minimum atomic E-state index is 0.185. The highest BCUT2D eigenvalue weighted by Crippen LogP contribution is 2.19. The van der Waals surface area contributed by atoms with Crippen molar-refractivity contribution in [2.75, 3.05) is 6.54 Å². The maximum Gasteiger partial charge on any atom is 0.219 e. The van der Waals surface area contributed by atoms with Crippen LogP contribution in [0.15, 0.2) is 18.2 Å². The molecule has 1 aliphatic rings. The Bertz CT molecular complexity index is 384. The lowest BCUT2D eigenvalue weighted by molar-refractivity contribution is -0.129. The fourth-order valence-corrected chi connectivity index (χ4v) is 2.16. The molecule has 2 rings (SSSR count). The molecule has 80 valence electrons. The third-order valence-corrected chi connectivity index (χ3v) is 3.04. The standard InChI is InChI=1S/C13H17NO/c1-10-5-6-12-4-3-7-14(11(2)15)9-13(12)8-10/h5-6,8H,3-4,7,9H2,1-2H3. The largest absolute Gasteiger partial charge is 0.339 e. The topological polar surface area (TPSA) is 20.3 Å². The lowest BCUT2D eigenvalue weighted by Crippen LogP contribution is -2.28. The summed E-state index contributed by atoms with van der Waals surface area (Å²) in [5.41, 5.74) is 4.01. The van der Waals surface area contributed by atoms with E-state index in [-0.39, 0.29) is 5.91 Å². The molecule has 1 aliphatic heterocycles. The molecule has 1 heterocycles. The van der Waals surface area contributed by atoms with Crippen molar-refractivity contribution in [2.24, 2.45) is 0 Å².